The minimum absolute atomic E-state index is 0.0988. The molecule has 0 radical (unpaired) electrons. The van der Waals surface area contributed by atoms with E-state index in [2.05, 4.69) is 136 Å². The van der Waals surface area contributed by atoms with E-state index in [1.54, 1.807) is 12.1 Å². The van der Waals surface area contributed by atoms with Gasteiger partial charge in [-0.15, -0.1) is 0 Å². The van der Waals surface area contributed by atoms with Gasteiger partial charge in [-0.3, -0.25) is 4.57 Å². The van der Waals surface area contributed by atoms with Gasteiger partial charge in [-0.1, -0.05) is 0 Å². The van der Waals surface area contributed by atoms with E-state index in [9.17, 15) is 19.0 Å². The molecule has 0 spiro atoms. The summed E-state index contributed by atoms with van der Waals surface area (Å²) in [6.45, 7) is -1.66. The lowest BCUT2D eigenvalue weighted by atomic mass is 10.3. The number of phosphoric acid groups is 1. The number of rotatable bonds is 16. The molecular formula is C24H26I6NO10P. The number of likely N-dealkylation sites (N-methyl/N-ethyl adjacent to an activating group) is 1. The number of halogens is 6. The lowest BCUT2D eigenvalue weighted by Crippen LogP contribution is -2.37. The fraction of sp³-hybridized carbons (Fsp3) is 0.417. The van der Waals surface area contributed by atoms with Crippen molar-refractivity contribution < 1.29 is 51.5 Å². The summed E-state index contributed by atoms with van der Waals surface area (Å²) in [6.07, 6.45) is -1.26. The van der Waals surface area contributed by atoms with Crippen LogP contribution in [-0.4, -0.2) is 83.2 Å². The molecule has 0 saturated carbocycles. The maximum Gasteiger partial charge on any atom is 0.344 e. The Hall–Kier alpha value is 1.43. The quantitative estimate of drug-likeness (QED) is 0.0706. The second kappa shape index (κ2) is 18.7. The van der Waals surface area contributed by atoms with E-state index in [4.69, 9.17) is 28.0 Å². The number of phosphoric ester groups is 1. The molecule has 0 aromatic heterocycles. The Morgan fingerprint density at radius 1 is 0.810 bits per heavy atom. The van der Waals surface area contributed by atoms with E-state index in [1.807, 2.05) is 33.3 Å². The largest absolute Gasteiger partial charge is 0.756 e. The van der Waals surface area contributed by atoms with Crippen molar-refractivity contribution in [2.75, 3.05) is 60.7 Å². The van der Waals surface area contributed by atoms with Gasteiger partial charge >= 0.3 is 11.9 Å². The molecule has 42 heavy (non-hydrogen) atoms. The molecule has 0 heterocycles. The summed E-state index contributed by atoms with van der Waals surface area (Å²) >= 11 is 12.8. The molecule has 0 aliphatic carbocycles. The third-order valence-electron chi connectivity index (χ3n) is 4.77. The van der Waals surface area contributed by atoms with Crippen LogP contribution in [0.1, 0.15) is 0 Å². The summed E-state index contributed by atoms with van der Waals surface area (Å²) in [5.41, 5.74) is 0. The summed E-state index contributed by atoms with van der Waals surface area (Å²) in [4.78, 5) is 37.3. The Labute approximate surface area is 326 Å². The Morgan fingerprint density at radius 3 is 1.81 bits per heavy atom. The predicted molar refractivity (Wildman–Crippen MR) is 203 cm³/mol. The number of hydrogen-bond acceptors (Lipinski definition) is 10. The normalized spacial score (nSPS) is 13.7. The predicted octanol–water partition coefficient (Wildman–Crippen LogP) is 5.43. The Bertz CT molecular complexity index is 1310. The topological polar surface area (TPSA) is 130 Å². The zero-order chi connectivity index (χ0) is 31.7. The molecule has 2 rings (SSSR count). The first-order valence-corrected chi connectivity index (χ1v) is 19.7. The number of nitrogens with zero attached hydrogens (tertiary/aromatic N) is 1. The van der Waals surface area contributed by atoms with Gasteiger partial charge in [0.2, 0.25) is 0 Å². The molecule has 11 nitrogen and oxygen atoms in total. The number of carbonyl (C=O) groups is 2. The molecule has 234 valence electrons. The van der Waals surface area contributed by atoms with E-state index < -0.39 is 52.3 Å². The minimum atomic E-state index is -4.72. The molecule has 2 aromatic rings. The second-order valence-corrected chi connectivity index (χ2v) is 17.7. The van der Waals surface area contributed by atoms with Gasteiger partial charge in [0.1, 0.15) is 31.3 Å². The summed E-state index contributed by atoms with van der Waals surface area (Å²) in [5.74, 6) is -0.542. The summed E-state index contributed by atoms with van der Waals surface area (Å²) in [5, 5.41) is 0. The average Bonchev–Trinajstić information content (AvgIpc) is 2.87. The Balaban J connectivity index is 2.01. The van der Waals surface area contributed by atoms with Crippen molar-refractivity contribution in [2.45, 2.75) is 6.10 Å². The highest BCUT2D eigenvalue weighted by molar-refractivity contribution is 14.1. The molecule has 18 heteroatoms. The first-order chi connectivity index (χ1) is 19.5. The zero-order valence-electron chi connectivity index (χ0n) is 22.4. The van der Waals surface area contributed by atoms with Crippen LogP contribution >= 0.6 is 143 Å². The first-order valence-electron chi connectivity index (χ1n) is 11.8. The lowest BCUT2D eigenvalue weighted by Gasteiger charge is -2.28. The van der Waals surface area contributed by atoms with Crippen LogP contribution in [0.25, 0.3) is 0 Å². The van der Waals surface area contributed by atoms with E-state index in [-0.39, 0.29) is 6.61 Å². The van der Waals surface area contributed by atoms with Crippen molar-refractivity contribution in [1.82, 2.24) is 0 Å². The lowest BCUT2D eigenvalue weighted by molar-refractivity contribution is -0.870. The molecule has 0 N–H and O–H groups in total. The number of ether oxygens (including phenoxy) is 4. The highest BCUT2D eigenvalue weighted by Gasteiger charge is 2.23. The minimum Gasteiger partial charge on any atom is -0.756 e. The number of quaternary nitrogens is 1. The van der Waals surface area contributed by atoms with Crippen LogP contribution in [0.5, 0.6) is 11.5 Å². The third kappa shape index (κ3) is 15.3. The van der Waals surface area contributed by atoms with E-state index in [0.29, 0.717) is 22.5 Å². The fourth-order valence-electron chi connectivity index (χ4n) is 2.75. The van der Waals surface area contributed by atoms with Gasteiger partial charge in [0.15, 0.2) is 19.3 Å². The van der Waals surface area contributed by atoms with Crippen molar-refractivity contribution in [2.24, 2.45) is 0 Å². The van der Waals surface area contributed by atoms with Gasteiger partial charge in [0, 0.05) is 14.3 Å². The molecule has 0 saturated heterocycles. The summed E-state index contributed by atoms with van der Waals surface area (Å²) < 4.78 is 49.9. The molecule has 0 aliphatic heterocycles. The molecular weight excluding hydrogens is 1250 g/mol. The van der Waals surface area contributed by atoms with Crippen LogP contribution in [-0.2, 0) is 32.7 Å². The number of esters is 2. The summed E-state index contributed by atoms with van der Waals surface area (Å²) in [7, 11) is 0.925. The van der Waals surface area contributed by atoms with E-state index in [1.165, 1.54) is 0 Å². The van der Waals surface area contributed by atoms with Crippen LogP contribution in [0.4, 0.5) is 0 Å². The van der Waals surface area contributed by atoms with Crippen molar-refractivity contribution in [3.8, 4) is 11.5 Å². The van der Waals surface area contributed by atoms with Crippen LogP contribution in [0.2, 0.25) is 0 Å². The fourth-order valence-corrected chi connectivity index (χ4v) is 8.00. The van der Waals surface area contributed by atoms with Crippen LogP contribution < -0.4 is 14.4 Å². The molecule has 2 atom stereocenters. The Kier molecular flexibility index (Phi) is 17.6. The van der Waals surface area contributed by atoms with Crippen molar-refractivity contribution in [3.05, 3.63) is 45.7 Å². The maximum absolute atomic E-state index is 12.6. The van der Waals surface area contributed by atoms with Gasteiger partial charge < -0.3 is 37.4 Å². The number of benzene rings is 2. The van der Waals surface area contributed by atoms with Crippen molar-refractivity contribution >= 4 is 155 Å². The maximum atomic E-state index is 12.6. The first kappa shape index (κ1) is 39.6. The van der Waals surface area contributed by atoms with Gasteiger partial charge in [0.05, 0.1) is 34.9 Å². The monoisotopic (exact) mass is 1280 g/mol. The third-order valence-corrected chi connectivity index (χ3v) is 13.0. The number of hydrogen-bond donors (Lipinski definition) is 0. The molecule has 0 bridgehead atoms. The summed E-state index contributed by atoms with van der Waals surface area (Å²) in [6, 6.07) is 7.50. The second-order valence-electron chi connectivity index (χ2n) is 9.36. The zero-order valence-corrected chi connectivity index (χ0v) is 36.2. The molecule has 0 amide bonds. The van der Waals surface area contributed by atoms with Crippen LogP contribution in [0.3, 0.4) is 0 Å². The Morgan fingerprint density at radius 2 is 1.31 bits per heavy atom. The SMILES string of the molecule is C[N+](C)(C)CCOP(=O)([O-])OC[C@@H](COC(=O)COc1cc(I)cc(I)c1I)OC(=O)COc1cc(I)cc(I)c1I. The van der Waals surface area contributed by atoms with Gasteiger partial charge in [-0.2, -0.15) is 0 Å². The molecule has 0 fully saturated rings. The number of carbonyl (C=O) groups excluding carboxylic acids is 2. The van der Waals surface area contributed by atoms with E-state index in [0.717, 1.165) is 21.4 Å². The van der Waals surface area contributed by atoms with E-state index >= 15 is 0 Å². The van der Waals surface area contributed by atoms with Crippen LogP contribution in [0.15, 0.2) is 24.3 Å². The highest BCUT2D eigenvalue weighted by atomic mass is 127. The average molecular weight is 1280 g/mol. The smallest absolute Gasteiger partial charge is 0.344 e. The standard InChI is InChI=1S/C24H26I6NO10P/c1-31(2,3)4-5-39-42(34,35)40-11-16(41-22(33)13-37-20-9-15(26)7-18(28)24(20)30)10-38-21(32)12-36-19-8-14(25)6-17(27)23(19)29/h6-9,16H,4-5,10-13H2,1-3H3/t16-/m1/s1. The highest BCUT2D eigenvalue weighted by Crippen LogP contribution is 2.38. The van der Waals surface area contributed by atoms with Crippen molar-refractivity contribution in [3.63, 3.8) is 0 Å². The van der Waals surface area contributed by atoms with Crippen LogP contribution in [0, 0.1) is 21.4 Å². The van der Waals surface area contributed by atoms with Gasteiger partial charge in [-0.25, -0.2) is 9.59 Å². The molecule has 0 aliphatic rings. The molecule has 1 unspecified atom stereocenters. The van der Waals surface area contributed by atoms with Crippen molar-refractivity contribution in [1.29, 1.82) is 0 Å². The molecule has 2 aromatic carbocycles. The van der Waals surface area contributed by atoms with Gasteiger partial charge in [-0.05, 0) is 160 Å². The van der Waals surface area contributed by atoms with Gasteiger partial charge in [0.25, 0.3) is 7.82 Å².